The van der Waals surface area contributed by atoms with Gasteiger partial charge in [0, 0.05) is 7.05 Å². The van der Waals surface area contributed by atoms with Crippen LogP contribution in [0.1, 0.15) is 23.3 Å². The number of nitrogens with one attached hydrogen (secondary N) is 1. The number of rotatable bonds is 2. The van der Waals surface area contributed by atoms with E-state index in [0.29, 0.717) is 0 Å². The maximum absolute atomic E-state index is 11.5. The number of carbonyl (C=O) groups excluding carboxylic acids is 1. The molecule has 1 amide bonds. The molecule has 1 aromatic heterocycles. The van der Waals surface area contributed by atoms with Gasteiger partial charge in [0.25, 0.3) is 5.91 Å². The van der Waals surface area contributed by atoms with E-state index in [1.807, 2.05) is 0 Å². The van der Waals surface area contributed by atoms with Crippen LogP contribution >= 0.6 is 0 Å². The Morgan fingerprint density at radius 1 is 1.71 bits per heavy atom. The van der Waals surface area contributed by atoms with Crippen LogP contribution in [0.2, 0.25) is 0 Å². The third-order valence-corrected chi connectivity index (χ3v) is 2.39. The van der Waals surface area contributed by atoms with Crippen molar-refractivity contribution in [2.45, 2.75) is 25.0 Å². The fraction of sp³-hybridized carbons (Fsp3) is 0.625. The number of hydrogen-bond donors (Lipinski definition) is 2. The van der Waals surface area contributed by atoms with Gasteiger partial charge in [-0.3, -0.25) is 9.48 Å². The van der Waals surface area contributed by atoms with Crippen molar-refractivity contribution in [3.8, 4) is 0 Å². The second kappa shape index (κ2) is 3.38. The zero-order valence-corrected chi connectivity index (χ0v) is 7.84. The molecule has 1 aliphatic rings. The first kappa shape index (κ1) is 9.14. The molecule has 0 aliphatic heterocycles. The molecule has 1 fully saturated rings. The van der Waals surface area contributed by atoms with Crippen LogP contribution in [0, 0.1) is 0 Å². The maximum atomic E-state index is 11.5. The van der Waals surface area contributed by atoms with Gasteiger partial charge in [-0.1, -0.05) is 5.21 Å². The molecule has 6 nitrogen and oxygen atoms in total. The molecule has 1 aliphatic carbocycles. The van der Waals surface area contributed by atoms with Crippen LogP contribution < -0.4 is 5.32 Å². The van der Waals surface area contributed by atoms with Crippen LogP contribution in [-0.4, -0.2) is 38.2 Å². The lowest BCUT2D eigenvalue weighted by Gasteiger charge is -2.32. The van der Waals surface area contributed by atoms with Gasteiger partial charge >= 0.3 is 0 Å². The number of aliphatic hydroxyl groups is 1. The molecule has 6 heteroatoms. The van der Waals surface area contributed by atoms with E-state index in [1.54, 1.807) is 13.2 Å². The summed E-state index contributed by atoms with van der Waals surface area (Å²) in [5.41, 5.74) is 0.284. The first-order valence-electron chi connectivity index (χ1n) is 4.52. The van der Waals surface area contributed by atoms with E-state index in [9.17, 15) is 9.90 Å². The summed E-state index contributed by atoms with van der Waals surface area (Å²) in [6.07, 6.45) is 2.72. The van der Waals surface area contributed by atoms with E-state index in [4.69, 9.17) is 0 Å². The quantitative estimate of drug-likeness (QED) is 0.640. The summed E-state index contributed by atoms with van der Waals surface area (Å²) in [5, 5.41) is 19.3. The molecule has 0 saturated heterocycles. The van der Waals surface area contributed by atoms with Crippen molar-refractivity contribution in [2.75, 3.05) is 0 Å². The predicted octanol–water partition coefficient (Wildman–Crippen LogP) is -0.932. The standard InChI is InChI=1S/C8H12N4O2/c1-12-4-6(10-11-12)8(14)9-5-2-3-7(5)13/h4-5,7,13H,2-3H2,1H3,(H,9,14). The average molecular weight is 196 g/mol. The van der Waals surface area contributed by atoms with Crippen molar-refractivity contribution >= 4 is 5.91 Å². The monoisotopic (exact) mass is 196 g/mol. The lowest BCUT2D eigenvalue weighted by atomic mass is 9.89. The maximum Gasteiger partial charge on any atom is 0.273 e. The Balaban J connectivity index is 1.95. The van der Waals surface area contributed by atoms with E-state index >= 15 is 0 Å². The van der Waals surface area contributed by atoms with Crippen LogP contribution in [0.3, 0.4) is 0 Å². The fourth-order valence-electron chi connectivity index (χ4n) is 1.34. The highest BCUT2D eigenvalue weighted by atomic mass is 16.3. The zero-order chi connectivity index (χ0) is 10.1. The van der Waals surface area contributed by atoms with Gasteiger partial charge < -0.3 is 10.4 Å². The highest BCUT2D eigenvalue weighted by Gasteiger charge is 2.30. The Morgan fingerprint density at radius 3 is 2.93 bits per heavy atom. The fourth-order valence-corrected chi connectivity index (χ4v) is 1.34. The summed E-state index contributed by atoms with van der Waals surface area (Å²) in [5.74, 6) is -0.276. The topological polar surface area (TPSA) is 80.0 Å². The van der Waals surface area contributed by atoms with E-state index < -0.39 is 6.10 Å². The second-order valence-electron chi connectivity index (χ2n) is 3.50. The summed E-state index contributed by atoms with van der Waals surface area (Å²) >= 11 is 0. The summed E-state index contributed by atoms with van der Waals surface area (Å²) in [4.78, 5) is 11.5. The molecule has 1 aromatic rings. The van der Waals surface area contributed by atoms with E-state index in [2.05, 4.69) is 15.6 Å². The van der Waals surface area contributed by atoms with Gasteiger partial charge in [-0.25, -0.2) is 0 Å². The van der Waals surface area contributed by atoms with Gasteiger partial charge in [0.2, 0.25) is 0 Å². The van der Waals surface area contributed by atoms with E-state index in [-0.39, 0.29) is 17.6 Å². The lowest BCUT2D eigenvalue weighted by Crippen LogP contribution is -2.50. The number of hydrogen-bond acceptors (Lipinski definition) is 4. The van der Waals surface area contributed by atoms with Crippen LogP contribution in [0.5, 0.6) is 0 Å². The molecule has 0 spiro atoms. The molecular formula is C8H12N4O2. The number of aryl methyl sites for hydroxylation is 1. The van der Waals surface area contributed by atoms with Crippen LogP contribution in [-0.2, 0) is 7.05 Å². The third kappa shape index (κ3) is 1.60. The number of carbonyl (C=O) groups is 1. The Bertz CT molecular complexity index is 349. The minimum atomic E-state index is -0.407. The normalized spacial score (nSPS) is 25.6. The third-order valence-electron chi connectivity index (χ3n) is 2.39. The molecular weight excluding hydrogens is 184 g/mol. The predicted molar refractivity (Wildman–Crippen MR) is 47.5 cm³/mol. The molecule has 1 saturated carbocycles. The van der Waals surface area contributed by atoms with Crippen molar-refractivity contribution in [2.24, 2.45) is 7.05 Å². The largest absolute Gasteiger partial charge is 0.391 e. The highest BCUT2D eigenvalue weighted by Crippen LogP contribution is 2.19. The first-order chi connectivity index (χ1) is 6.66. The van der Waals surface area contributed by atoms with Gasteiger partial charge in [0.15, 0.2) is 5.69 Å². The van der Waals surface area contributed by atoms with Crippen LogP contribution in [0.25, 0.3) is 0 Å². The molecule has 2 rings (SSSR count). The van der Waals surface area contributed by atoms with Crippen molar-refractivity contribution in [1.82, 2.24) is 20.3 Å². The molecule has 2 unspecified atom stereocenters. The average Bonchev–Trinajstić information content (AvgIpc) is 2.58. The van der Waals surface area contributed by atoms with Gasteiger partial charge in [0.1, 0.15) is 0 Å². The van der Waals surface area contributed by atoms with E-state index in [0.717, 1.165) is 12.8 Å². The Morgan fingerprint density at radius 2 is 2.50 bits per heavy atom. The van der Waals surface area contributed by atoms with Crippen molar-refractivity contribution in [3.05, 3.63) is 11.9 Å². The molecule has 2 atom stereocenters. The number of nitrogens with zero attached hydrogens (tertiary/aromatic N) is 3. The molecule has 1 heterocycles. The van der Waals surface area contributed by atoms with Gasteiger partial charge in [-0.05, 0) is 12.8 Å². The summed E-state index contributed by atoms with van der Waals surface area (Å²) in [6.45, 7) is 0. The smallest absolute Gasteiger partial charge is 0.273 e. The minimum Gasteiger partial charge on any atom is -0.391 e. The Hall–Kier alpha value is -1.43. The lowest BCUT2D eigenvalue weighted by molar-refractivity contribution is 0.0445. The summed E-state index contributed by atoms with van der Waals surface area (Å²) in [7, 11) is 1.70. The highest BCUT2D eigenvalue weighted by molar-refractivity contribution is 5.92. The molecule has 76 valence electrons. The molecule has 0 radical (unpaired) electrons. The summed E-state index contributed by atoms with van der Waals surface area (Å²) < 4.78 is 1.46. The minimum absolute atomic E-state index is 0.121. The zero-order valence-electron chi connectivity index (χ0n) is 7.84. The van der Waals surface area contributed by atoms with Crippen LogP contribution in [0.4, 0.5) is 0 Å². The van der Waals surface area contributed by atoms with Crippen molar-refractivity contribution < 1.29 is 9.90 Å². The SMILES string of the molecule is Cn1cc(C(=O)NC2CCC2O)nn1. The van der Waals surface area contributed by atoms with Gasteiger partial charge in [-0.15, -0.1) is 5.10 Å². The number of amides is 1. The first-order valence-corrected chi connectivity index (χ1v) is 4.52. The molecule has 0 bridgehead atoms. The molecule has 2 N–H and O–H groups in total. The second-order valence-corrected chi connectivity index (χ2v) is 3.50. The summed E-state index contributed by atoms with van der Waals surface area (Å²) in [6, 6.07) is -0.121. The van der Waals surface area contributed by atoms with Gasteiger partial charge in [-0.2, -0.15) is 0 Å². The van der Waals surface area contributed by atoms with Crippen molar-refractivity contribution in [1.29, 1.82) is 0 Å². The van der Waals surface area contributed by atoms with Gasteiger partial charge in [0.05, 0.1) is 18.3 Å². The van der Waals surface area contributed by atoms with Crippen molar-refractivity contribution in [3.63, 3.8) is 0 Å². The van der Waals surface area contributed by atoms with Crippen LogP contribution in [0.15, 0.2) is 6.20 Å². The Labute approximate surface area is 80.9 Å². The molecule has 14 heavy (non-hydrogen) atoms. The van der Waals surface area contributed by atoms with E-state index in [1.165, 1.54) is 4.68 Å². The Kier molecular flexibility index (Phi) is 2.20. The molecule has 0 aromatic carbocycles. The number of aromatic nitrogens is 3. The number of aliphatic hydroxyl groups excluding tert-OH is 1.